The number of amides is 1. The first kappa shape index (κ1) is 22.8. The highest BCUT2D eigenvalue weighted by molar-refractivity contribution is 8.00. The molecule has 3 aromatic heterocycles. The number of nitrogens with zero attached hydrogens (tertiary/aromatic N) is 4. The molecule has 0 saturated heterocycles. The number of ether oxygens (including phenoxy) is 1. The van der Waals surface area contributed by atoms with Gasteiger partial charge in [0.2, 0.25) is 11.8 Å². The van der Waals surface area contributed by atoms with Crippen LogP contribution in [0.5, 0.6) is 5.88 Å². The number of para-hydroxylation sites is 1. The maximum Gasteiger partial charge on any atom is 0.234 e. The Labute approximate surface area is 209 Å². The minimum absolute atomic E-state index is 0.123. The SMILES string of the molecule is CCOc1nc2sc3c(SCC(=O)Nc4ccccc4)ncnc3c2c(-c2ccccc2)c1C#N. The number of hydrogen-bond acceptors (Lipinski definition) is 8. The van der Waals surface area contributed by atoms with E-state index in [0.29, 0.717) is 33.4 Å². The molecule has 35 heavy (non-hydrogen) atoms. The van der Waals surface area contributed by atoms with Crippen LogP contribution in [0.1, 0.15) is 12.5 Å². The first-order valence-corrected chi connectivity index (χ1v) is 12.7. The van der Waals surface area contributed by atoms with Crippen molar-refractivity contribution in [3.63, 3.8) is 0 Å². The van der Waals surface area contributed by atoms with Crippen LogP contribution in [0.2, 0.25) is 0 Å². The van der Waals surface area contributed by atoms with Crippen LogP contribution < -0.4 is 10.1 Å². The second-order valence-corrected chi connectivity index (χ2v) is 9.38. The van der Waals surface area contributed by atoms with Gasteiger partial charge in [-0.3, -0.25) is 4.79 Å². The lowest BCUT2D eigenvalue weighted by atomic mass is 9.98. The van der Waals surface area contributed by atoms with Crippen molar-refractivity contribution >= 4 is 55.1 Å². The van der Waals surface area contributed by atoms with Gasteiger partial charge in [0.25, 0.3) is 0 Å². The van der Waals surface area contributed by atoms with E-state index in [2.05, 4.69) is 26.3 Å². The number of hydrogen-bond donors (Lipinski definition) is 1. The molecular formula is C26H19N5O2S2. The number of fused-ring (bicyclic) bond motifs is 3. The molecule has 0 radical (unpaired) electrons. The van der Waals surface area contributed by atoms with E-state index in [1.54, 1.807) is 0 Å². The van der Waals surface area contributed by atoms with E-state index in [1.165, 1.54) is 29.4 Å². The summed E-state index contributed by atoms with van der Waals surface area (Å²) < 4.78 is 6.56. The molecule has 1 amide bonds. The van der Waals surface area contributed by atoms with Crippen LogP contribution in [0.25, 0.3) is 31.6 Å². The maximum atomic E-state index is 12.5. The molecule has 0 spiro atoms. The number of nitriles is 1. The average molecular weight is 498 g/mol. The average Bonchev–Trinajstić information content (AvgIpc) is 3.26. The first-order valence-electron chi connectivity index (χ1n) is 10.9. The molecule has 0 aliphatic carbocycles. The number of benzene rings is 2. The van der Waals surface area contributed by atoms with Crippen LogP contribution in [0.15, 0.2) is 72.0 Å². The van der Waals surface area contributed by atoms with E-state index in [-0.39, 0.29) is 11.7 Å². The van der Waals surface area contributed by atoms with Gasteiger partial charge < -0.3 is 10.1 Å². The number of carbonyl (C=O) groups is 1. The van der Waals surface area contributed by atoms with E-state index in [1.807, 2.05) is 67.6 Å². The van der Waals surface area contributed by atoms with Crippen LogP contribution in [-0.4, -0.2) is 33.2 Å². The van der Waals surface area contributed by atoms with Crippen molar-refractivity contribution in [3.05, 3.63) is 72.6 Å². The fraction of sp³-hybridized carbons (Fsp3) is 0.115. The van der Waals surface area contributed by atoms with E-state index >= 15 is 0 Å². The van der Waals surface area contributed by atoms with Gasteiger partial charge in [0.15, 0.2) is 0 Å². The molecule has 172 valence electrons. The Morgan fingerprint density at radius 1 is 1.11 bits per heavy atom. The molecule has 1 N–H and O–H groups in total. The predicted molar refractivity (Wildman–Crippen MR) is 140 cm³/mol. The normalized spacial score (nSPS) is 10.9. The topological polar surface area (TPSA) is 101 Å². The minimum atomic E-state index is -0.123. The molecule has 0 unspecified atom stereocenters. The number of aromatic nitrogens is 3. The standard InChI is InChI=1S/C26H19N5O2S2/c1-2-33-24-18(13-27)20(16-9-5-3-6-10-16)21-22-23(35-25(21)31-24)26(29-15-28-22)34-14-19(32)30-17-11-7-4-8-12-17/h3-12,15H,2,14H2,1H3,(H,30,32). The number of carbonyl (C=O) groups excluding carboxylic acids is 1. The summed E-state index contributed by atoms with van der Waals surface area (Å²) >= 11 is 2.78. The molecular weight excluding hydrogens is 478 g/mol. The highest BCUT2D eigenvalue weighted by Crippen LogP contribution is 2.44. The van der Waals surface area contributed by atoms with E-state index in [4.69, 9.17) is 4.74 Å². The molecule has 0 fully saturated rings. The summed E-state index contributed by atoms with van der Waals surface area (Å²) in [6, 6.07) is 21.3. The highest BCUT2D eigenvalue weighted by Gasteiger charge is 2.23. The molecule has 0 aliphatic rings. The van der Waals surface area contributed by atoms with Gasteiger partial charge in [0.1, 0.15) is 27.8 Å². The van der Waals surface area contributed by atoms with Gasteiger partial charge in [0.05, 0.1) is 22.6 Å². The van der Waals surface area contributed by atoms with Crippen molar-refractivity contribution in [2.75, 3.05) is 17.7 Å². The lowest BCUT2D eigenvalue weighted by molar-refractivity contribution is -0.113. The van der Waals surface area contributed by atoms with Crippen molar-refractivity contribution in [2.24, 2.45) is 0 Å². The second kappa shape index (κ2) is 10.1. The van der Waals surface area contributed by atoms with E-state index < -0.39 is 0 Å². The molecule has 5 rings (SSSR count). The zero-order valence-corrected chi connectivity index (χ0v) is 20.3. The van der Waals surface area contributed by atoms with Gasteiger partial charge in [0, 0.05) is 16.6 Å². The van der Waals surface area contributed by atoms with Crippen LogP contribution in [-0.2, 0) is 4.79 Å². The number of rotatable bonds is 7. The molecule has 2 aromatic carbocycles. The summed E-state index contributed by atoms with van der Waals surface area (Å²) in [5, 5.41) is 14.4. The fourth-order valence-electron chi connectivity index (χ4n) is 3.75. The third-order valence-corrected chi connectivity index (χ3v) is 7.39. The first-order chi connectivity index (χ1) is 17.2. The van der Waals surface area contributed by atoms with Crippen molar-refractivity contribution in [1.82, 2.24) is 15.0 Å². The quantitative estimate of drug-likeness (QED) is 0.220. The zero-order valence-electron chi connectivity index (χ0n) is 18.7. The molecule has 9 heteroatoms. The number of thioether (sulfide) groups is 1. The van der Waals surface area contributed by atoms with Crippen LogP contribution in [0.3, 0.4) is 0 Å². The van der Waals surface area contributed by atoms with Crippen molar-refractivity contribution in [3.8, 4) is 23.1 Å². The van der Waals surface area contributed by atoms with Gasteiger partial charge in [-0.05, 0) is 24.6 Å². The van der Waals surface area contributed by atoms with Gasteiger partial charge in [-0.15, -0.1) is 11.3 Å². The molecule has 0 saturated carbocycles. The Morgan fingerprint density at radius 3 is 2.57 bits per heavy atom. The molecule has 0 aliphatic heterocycles. The number of nitrogens with one attached hydrogen (secondary N) is 1. The predicted octanol–water partition coefficient (Wildman–Crippen LogP) is 5.91. The Balaban J connectivity index is 1.60. The van der Waals surface area contributed by atoms with E-state index in [0.717, 1.165) is 26.9 Å². The Morgan fingerprint density at radius 2 is 1.86 bits per heavy atom. The summed E-state index contributed by atoms with van der Waals surface area (Å²) in [4.78, 5) is 26.9. The summed E-state index contributed by atoms with van der Waals surface area (Å²) in [7, 11) is 0. The Hall–Kier alpha value is -4.00. The summed E-state index contributed by atoms with van der Waals surface area (Å²) in [5.41, 5.74) is 3.45. The fourth-order valence-corrected chi connectivity index (χ4v) is 5.76. The Kier molecular flexibility index (Phi) is 6.57. The Bertz CT molecular complexity index is 1560. The van der Waals surface area contributed by atoms with Crippen molar-refractivity contribution in [2.45, 2.75) is 11.9 Å². The summed E-state index contributed by atoms with van der Waals surface area (Å²) in [6.07, 6.45) is 1.49. The molecule has 0 atom stereocenters. The summed E-state index contributed by atoms with van der Waals surface area (Å²) in [6.45, 7) is 2.25. The highest BCUT2D eigenvalue weighted by atomic mass is 32.2. The second-order valence-electron chi connectivity index (χ2n) is 7.42. The third kappa shape index (κ3) is 4.54. The van der Waals surface area contributed by atoms with E-state index in [9.17, 15) is 10.1 Å². The van der Waals surface area contributed by atoms with Crippen molar-refractivity contribution in [1.29, 1.82) is 5.26 Å². The molecule has 0 bridgehead atoms. The van der Waals surface area contributed by atoms with Gasteiger partial charge >= 0.3 is 0 Å². The lowest BCUT2D eigenvalue weighted by Crippen LogP contribution is -2.13. The van der Waals surface area contributed by atoms with Gasteiger partial charge in [-0.25, -0.2) is 15.0 Å². The number of anilines is 1. The largest absolute Gasteiger partial charge is 0.477 e. The van der Waals surface area contributed by atoms with Crippen LogP contribution in [0.4, 0.5) is 5.69 Å². The van der Waals surface area contributed by atoms with Crippen LogP contribution >= 0.6 is 23.1 Å². The smallest absolute Gasteiger partial charge is 0.234 e. The molecule has 7 nitrogen and oxygen atoms in total. The van der Waals surface area contributed by atoms with Crippen molar-refractivity contribution < 1.29 is 9.53 Å². The number of thiophene rings is 1. The maximum absolute atomic E-state index is 12.5. The number of pyridine rings is 1. The van der Waals surface area contributed by atoms with Crippen LogP contribution in [0, 0.1) is 11.3 Å². The lowest BCUT2D eigenvalue weighted by Gasteiger charge is -2.11. The molecule has 3 heterocycles. The zero-order chi connectivity index (χ0) is 24.2. The monoisotopic (exact) mass is 497 g/mol. The minimum Gasteiger partial charge on any atom is -0.477 e. The van der Waals surface area contributed by atoms with Gasteiger partial charge in [-0.1, -0.05) is 60.3 Å². The molecule has 5 aromatic rings. The third-order valence-electron chi connectivity index (χ3n) is 5.19. The van der Waals surface area contributed by atoms with Gasteiger partial charge in [-0.2, -0.15) is 5.26 Å². The summed E-state index contributed by atoms with van der Waals surface area (Å²) in [5.74, 6) is 0.377.